The molecule has 1 aliphatic rings. The molecule has 0 spiro atoms. The van der Waals surface area contributed by atoms with Gasteiger partial charge in [0.2, 0.25) is 5.91 Å². The summed E-state index contributed by atoms with van der Waals surface area (Å²) >= 11 is 0. The molecule has 3 N–H and O–H groups in total. The fraction of sp³-hybridized carbons (Fsp3) is 0.857. The Bertz CT molecular complexity index is 496. The Labute approximate surface area is 156 Å². The number of guanidine groups is 1. The molecule has 0 radical (unpaired) electrons. The van der Waals surface area contributed by atoms with Gasteiger partial charge in [0.1, 0.15) is 0 Å². The van der Waals surface area contributed by atoms with Gasteiger partial charge in [-0.2, -0.15) is 0 Å². The summed E-state index contributed by atoms with van der Waals surface area (Å²) in [5.41, 5.74) is 0. The molecule has 1 rings (SSSR count). The SMILES string of the molecule is CCNC(=NCCC(=O)NC1CCS(=O)(=O)C1)NC(C)CC.I. The number of nitrogens with zero attached hydrogens (tertiary/aromatic N) is 1. The lowest BCUT2D eigenvalue weighted by molar-refractivity contribution is -0.121. The molecular weight excluding hydrogens is 431 g/mol. The van der Waals surface area contributed by atoms with Gasteiger partial charge in [0.05, 0.1) is 18.1 Å². The van der Waals surface area contributed by atoms with Crippen molar-refractivity contribution in [2.24, 2.45) is 4.99 Å². The minimum absolute atomic E-state index is 0. The van der Waals surface area contributed by atoms with Crippen LogP contribution in [0.4, 0.5) is 0 Å². The van der Waals surface area contributed by atoms with Crippen LogP contribution < -0.4 is 16.0 Å². The van der Waals surface area contributed by atoms with Gasteiger partial charge in [0.25, 0.3) is 0 Å². The van der Waals surface area contributed by atoms with Gasteiger partial charge >= 0.3 is 0 Å². The molecule has 0 aliphatic carbocycles. The zero-order valence-corrected chi connectivity index (χ0v) is 17.2. The van der Waals surface area contributed by atoms with E-state index in [1.165, 1.54) is 0 Å². The van der Waals surface area contributed by atoms with Gasteiger partial charge in [0, 0.05) is 25.0 Å². The summed E-state index contributed by atoms with van der Waals surface area (Å²) in [5, 5.41) is 9.15. The lowest BCUT2D eigenvalue weighted by atomic mass is 10.2. The van der Waals surface area contributed by atoms with Crippen LogP contribution in [0.5, 0.6) is 0 Å². The Kier molecular flexibility index (Phi) is 10.8. The second-order valence-electron chi connectivity index (χ2n) is 5.63. The molecule has 1 heterocycles. The van der Waals surface area contributed by atoms with E-state index in [0.29, 0.717) is 25.0 Å². The van der Waals surface area contributed by atoms with Gasteiger partial charge in [-0.05, 0) is 26.7 Å². The lowest BCUT2D eigenvalue weighted by Gasteiger charge is -2.16. The van der Waals surface area contributed by atoms with Crippen molar-refractivity contribution in [1.82, 2.24) is 16.0 Å². The Hall–Kier alpha value is -0.580. The van der Waals surface area contributed by atoms with Crippen LogP contribution in [0, 0.1) is 0 Å². The van der Waals surface area contributed by atoms with E-state index in [-0.39, 0.29) is 53.9 Å². The number of carbonyl (C=O) groups is 1. The van der Waals surface area contributed by atoms with Crippen molar-refractivity contribution in [2.75, 3.05) is 24.6 Å². The first kappa shape index (κ1) is 22.4. The summed E-state index contributed by atoms with van der Waals surface area (Å²) < 4.78 is 22.7. The first-order chi connectivity index (χ1) is 10.4. The first-order valence-electron chi connectivity index (χ1n) is 7.91. The van der Waals surface area contributed by atoms with Crippen molar-refractivity contribution in [1.29, 1.82) is 0 Å². The van der Waals surface area contributed by atoms with E-state index in [1.807, 2.05) is 6.92 Å². The molecule has 0 saturated carbocycles. The standard InChI is InChI=1S/C14H28N4O3S.HI/c1-4-11(3)17-14(15-5-2)16-8-6-13(19)18-12-7-9-22(20,21)10-12;/h11-12H,4-10H2,1-3H3,(H,18,19)(H2,15,16,17);1H. The molecule has 0 aromatic rings. The highest BCUT2D eigenvalue weighted by Crippen LogP contribution is 2.11. The van der Waals surface area contributed by atoms with Crippen molar-refractivity contribution in [3.8, 4) is 0 Å². The average Bonchev–Trinajstić information content (AvgIpc) is 2.77. The van der Waals surface area contributed by atoms with Gasteiger partial charge in [-0.15, -0.1) is 24.0 Å². The lowest BCUT2D eigenvalue weighted by Crippen LogP contribution is -2.42. The molecule has 0 aromatic heterocycles. The summed E-state index contributed by atoms with van der Waals surface area (Å²) in [5.74, 6) is 0.776. The summed E-state index contributed by atoms with van der Waals surface area (Å²) in [6.45, 7) is 7.27. The van der Waals surface area contributed by atoms with Gasteiger partial charge < -0.3 is 16.0 Å². The Balaban J connectivity index is 0.00000484. The third-order valence-electron chi connectivity index (χ3n) is 3.55. The van der Waals surface area contributed by atoms with E-state index in [2.05, 4.69) is 34.8 Å². The molecule has 1 aliphatic heterocycles. The second kappa shape index (κ2) is 11.1. The quantitative estimate of drug-likeness (QED) is 0.295. The maximum absolute atomic E-state index is 11.8. The summed E-state index contributed by atoms with van der Waals surface area (Å²) in [6, 6.07) is 0.0725. The van der Waals surface area contributed by atoms with Crippen molar-refractivity contribution in [3.05, 3.63) is 0 Å². The Morgan fingerprint density at radius 3 is 2.57 bits per heavy atom. The second-order valence-corrected chi connectivity index (χ2v) is 7.86. The van der Waals surface area contributed by atoms with Crippen molar-refractivity contribution >= 4 is 45.7 Å². The largest absolute Gasteiger partial charge is 0.357 e. The molecule has 2 atom stereocenters. The number of amides is 1. The molecule has 1 fully saturated rings. The van der Waals surface area contributed by atoms with Crippen LogP contribution in [0.25, 0.3) is 0 Å². The smallest absolute Gasteiger partial charge is 0.222 e. The minimum Gasteiger partial charge on any atom is -0.357 e. The van der Waals surface area contributed by atoms with E-state index >= 15 is 0 Å². The van der Waals surface area contributed by atoms with Crippen molar-refractivity contribution in [2.45, 2.75) is 52.1 Å². The highest BCUT2D eigenvalue weighted by atomic mass is 127. The fourth-order valence-electron chi connectivity index (χ4n) is 2.13. The van der Waals surface area contributed by atoms with E-state index in [1.54, 1.807) is 0 Å². The first-order valence-corrected chi connectivity index (χ1v) is 9.73. The number of aliphatic imine (C=N–C) groups is 1. The van der Waals surface area contributed by atoms with Crippen LogP contribution in [-0.4, -0.2) is 57.0 Å². The molecule has 7 nitrogen and oxygen atoms in total. The van der Waals surface area contributed by atoms with E-state index in [4.69, 9.17) is 0 Å². The van der Waals surface area contributed by atoms with Crippen LogP contribution in [0.1, 0.15) is 40.0 Å². The number of nitrogens with one attached hydrogen (secondary N) is 3. The third-order valence-corrected chi connectivity index (χ3v) is 5.31. The van der Waals surface area contributed by atoms with Gasteiger partial charge in [-0.1, -0.05) is 6.92 Å². The van der Waals surface area contributed by atoms with Crippen LogP contribution >= 0.6 is 24.0 Å². The molecule has 136 valence electrons. The van der Waals surface area contributed by atoms with Crippen molar-refractivity contribution in [3.63, 3.8) is 0 Å². The zero-order valence-electron chi connectivity index (χ0n) is 14.1. The molecule has 0 aromatic carbocycles. The number of hydrogen-bond donors (Lipinski definition) is 3. The summed E-state index contributed by atoms with van der Waals surface area (Å²) in [6.07, 6.45) is 1.75. The number of carbonyl (C=O) groups excluding carboxylic acids is 1. The molecule has 1 saturated heterocycles. The number of sulfone groups is 1. The van der Waals surface area contributed by atoms with Gasteiger partial charge in [-0.3, -0.25) is 9.79 Å². The van der Waals surface area contributed by atoms with E-state index in [0.717, 1.165) is 13.0 Å². The maximum atomic E-state index is 11.8. The molecule has 1 amide bonds. The molecule has 9 heteroatoms. The van der Waals surface area contributed by atoms with Gasteiger partial charge in [0.15, 0.2) is 15.8 Å². The maximum Gasteiger partial charge on any atom is 0.222 e. The third kappa shape index (κ3) is 9.33. The monoisotopic (exact) mass is 460 g/mol. The normalized spacial score (nSPS) is 21.2. The van der Waals surface area contributed by atoms with E-state index in [9.17, 15) is 13.2 Å². The predicted octanol–water partition coefficient (Wildman–Crippen LogP) is 0.651. The van der Waals surface area contributed by atoms with Gasteiger partial charge in [-0.25, -0.2) is 8.42 Å². The highest BCUT2D eigenvalue weighted by Gasteiger charge is 2.28. The highest BCUT2D eigenvalue weighted by molar-refractivity contribution is 14.0. The van der Waals surface area contributed by atoms with Crippen LogP contribution in [0.3, 0.4) is 0 Å². The van der Waals surface area contributed by atoms with E-state index < -0.39 is 9.84 Å². The molecule has 0 bridgehead atoms. The summed E-state index contributed by atoms with van der Waals surface area (Å²) in [4.78, 5) is 16.2. The van der Waals surface area contributed by atoms with Crippen LogP contribution in [0.15, 0.2) is 4.99 Å². The van der Waals surface area contributed by atoms with Crippen LogP contribution in [-0.2, 0) is 14.6 Å². The molecular formula is C14H29IN4O3S. The van der Waals surface area contributed by atoms with Crippen LogP contribution in [0.2, 0.25) is 0 Å². The minimum atomic E-state index is -2.96. The fourth-order valence-corrected chi connectivity index (χ4v) is 3.81. The number of hydrogen-bond acceptors (Lipinski definition) is 4. The Morgan fingerprint density at radius 2 is 2.04 bits per heavy atom. The topological polar surface area (TPSA) is 99.7 Å². The number of halogens is 1. The molecule has 23 heavy (non-hydrogen) atoms. The predicted molar refractivity (Wildman–Crippen MR) is 104 cm³/mol. The zero-order chi connectivity index (χ0) is 16.6. The van der Waals surface area contributed by atoms with Crippen molar-refractivity contribution < 1.29 is 13.2 Å². The number of rotatable bonds is 7. The summed E-state index contributed by atoms with van der Waals surface area (Å²) in [7, 11) is -2.96. The molecule has 2 unspecified atom stereocenters. The average molecular weight is 460 g/mol. The Morgan fingerprint density at radius 1 is 1.35 bits per heavy atom.